The Bertz CT molecular complexity index is 1050. The molecule has 1 heterocycles. The van der Waals surface area contributed by atoms with Gasteiger partial charge >= 0.3 is 6.03 Å². The lowest BCUT2D eigenvalue weighted by Crippen LogP contribution is -2.54. The average Bonchev–Trinajstić information content (AvgIpc) is 2.69. The van der Waals surface area contributed by atoms with E-state index in [9.17, 15) is 14.4 Å². The topological polar surface area (TPSA) is 84.9 Å². The number of benzene rings is 2. The number of amides is 4. The minimum Gasteiger partial charge on any atom is -0.490 e. The molecule has 0 atom stereocenters. The van der Waals surface area contributed by atoms with Crippen molar-refractivity contribution in [3.8, 4) is 11.5 Å². The second-order valence-electron chi connectivity index (χ2n) is 6.11. The van der Waals surface area contributed by atoms with Crippen LogP contribution in [0.3, 0.4) is 0 Å². The molecule has 0 spiro atoms. The molecule has 1 aliphatic heterocycles. The van der Waals surface area contributed by atoms with E-state index >= 15 is 0 Å². The number of imide groups is 2. The molecule has 3 rings (SSSR count). The number of urea groups is 1. The van der Waals surface area contributed by atoms with Crippen LogP contribution < -0.4 is 19.7 Å². The highest BCUT2D eigenvalue weighted by molar-refractivity contribution is 9.10. The third-order valence-electron chi connectivity index (χ3n) is 4.13. The van der Waals surface area contributed by atoms with Crippen LogP contribution in [0, 0.1) is 0 Å². The van der Waals surface area contributed by atoms with E-state index in [-0.39, 0.29) is 16.3 Å². The zero-order chi connectivity index (χ0) is 21.8. The molecule has 156 valence electrons. The molecule has 2 aromatic carbocycles. The third-order valence-corrected chi connectivity index (χ3v) is 5.04. The molecular weight excluding hydrogens is 476 g/mol. The highest BCUT2D eigenvalue weighted by atomic mass is 79.9. The molecule has 0 bridgehead atoms. The monoisotopic (exact) mass is 492 g/mol. The first kappa shape index (κ1) is 21.9. The summed E-state index contributed by atoms with van der Waals surface area (Å²) >= 11 is 9.57. The number of carbonyl (C=O) groups is 3. The van der Waals surface area contributed by atoms with Crippen molar-refractivity contribution in [3.05, 3.63) is 57.0 Å². The number of para-hydroxylation sites is 1. The van der Waals surface area contributed by atoms with Gasteiger partial charge in [0.15, 0.2) is 11.5 Å². The lowest BCUT2D eigenvalue weighted by molar-refractivity contribution is -0.122. The zero-order valence-electron chi connectivity index (χ0n) is 16.2. The van der Waals surface area contributed by atoms with E-state index in [0.29, 0.717) is 34.7 Å². The first-order valence-corrected chi connectivity index (χ1v) is 10.3. The maximum absolute atomic E-state index is 13.0. The molecule has 4 amide bonds. The van der Waals surface area contributed by atoms with E-state index in [2.05, 4.69) is 21.2 Å². The maximum Gasteiger partial charge on any atom is 0.335 e. The molecule has 1 fully saturated rings. The number of nitrogens with one attached hydrogen (secondary N) is 1. The van der Waals surface area contributed by atoms with Crippen molar-refractivity contribution in [2.45, 2.75) is 13.8 Å². The molecule has 30 heavy (non-hydrogen) atoms. The number of barbiturate groups is 1. The van der Waals surface area contributed by atoms with Gasteiger partial charge in [-0.2, -0.15) is 0 Å². The molecule has 0 unspecified atom stereocenters. The predicted octanol–water partition coefficient (Wildman–Crippen LogP) is 4.57. The van der Waals surface area contributed by atoms with E-state index in [4.69, 9.17) is 21.1 Å². The Morgan fingerprint density at radius 3 is 2.47 bits per heavy atom. The van der Waals surface area contributed by atoms with Crippen LogP contribution in [0.1, 0.15) is 19.4 Å². The van der Waals surface area contributed by atoms with Crippen LogP contribution in [-0.2, 0) is 9.59 Å². The fourth-order valence-electron chi connectivity index (χ4n) is 2.89. The number of hydrogen-bond acceptors (Lipinski definition) is 5. The molecule has 0 aliphatic carbocycles. The summed E-state index contributed by atoms with van der Waals surface area (Å²) < 4.78 is 11.8. The van der Waals surface area contributed by atoms with Crippen LogP contribution in [0.4, 0.5) is 10.5 Å². The van der Waals surface area contributed by atoms with Gasteiger partial charge in [0.2, 0.25) is 0 Å². The first-order valence-electron chi connectivity index (χ1n) is 9.12. The molecule has 1 saturated heterocycles. The van der Waals surface area contributed by atoms with E-state index in [0.717, 1.165) is 4.90 Å². The lowest BCUT2D eigenvalue weighted by atomic mass is 10.1. The van der Waals surface area contributed by atoms with Crippen molar-refractivity contribution in [2.75, 3.05) is 18.1 Å². The van der Waals surface area contributed by atoms with Crippen molar-refractivity contribution < 1.29 is 23.9 Å². The summed E-state index contributed by atoms with van der Waals surface area (Å²) in [5.41, 5.74) is 0.483. The van der Waals surface area contributed by atoms with Gasteiger partial charge in [-0.1, -0.05) is 23.7 Å². The van der Waals surface area contributed by atoms with Gasteiger partial charge in [0.25, 0.3) is 11.8 Å². The first-order chi connectivity index (χ1) is 14.4. The highest BCUT2D eigenvalue weighted by Gasteiger charge is 2.37. The summed E-state index contributed by atoms with van der Waals surface area (Å²) in [5, 5.41) is 2.38. The Morgan fingerprint density at radius 2 is 1.80 bits per heavy atom. The van der Waals surface area contributed by atoms with Gasteiger partial charge in [-0.25, -0.2) is 9.69 Å². The molecule has 0 radical (unpaired) electrons. The average molecular weight is 494 g/mol. The van der Waals surface area contributed by atoms with Crippen LogP contribution in [0.25, 0.3) is 6.08 Å². The molecular formula is C21H18BrClN2O5. The van der Waals surface area contributed by atoms with Gasteiger partial charge in [-0.05, 0) is 65.7 Å². The summed E-state index contributed by atoms with van der Waals surface area (Å²) in [6.45, 7) is 4.53. The SMILES string of the molecule is CCOc1cc(/C=C2\C(=O)NC(=O)N(c3ccccc3Cl)C2=O)cc(Br)c1OCC. The van der Waals surface area contributed by atoms with Crippen molar-refractivity contribution in [2.24, 2.45) is 0 Å². The van der Waals surface area contributed by atoms with Crippen LogP contribution in [-0.4, -0.2) is 31.1 Å². The lowest BCUT2D eigenvalue weighted by Gasteiger charge is -2.27. The van der Waals surface area contributed by atoms with E-state index in [1.165, 1.54) is 12.1 Å². The van der Waals surface area contributed by atoms with Gasteiger partial charge in [0.05, 0.1) is 28.4 Å². The molecule has 9 heteroatoms. The Morgan fingerprint density at radius 1 is 1.10 bits per heavy atom. The number of rotatable bonds is 6. The molecule has 1 N–H and O–H groups in total. The predicted molar refractivity (Wildman–Crippen MR) is 117 cm³/mol. The molecule has 0 aromatic heterocycles. The molecule has 0 saturated carbocycles. The zero-order valence-corrected chi connectivity index (χ0v) is 18.5. The van der Waals surface area contributed by atoms with Crippen molar-refractivity contribution in [3.63, 3.8) is 0 Å². The Balaban J connectivity index is 2.05. The largest absolute Gasteiger partial charge is 0.490 e. The van der Waals surface area contributed by atoms with E-state index in [1.54, 1.807) is 30.3 Å². The quantitative estimate of drug-likeness (QED) is 0.471. The summed E-state index contributed by atoms with van der Waals surface area (Å²) in [5.74, 6) is -0.590. The van der Waals surface area contributed by atoms with Gasteiger partial charge in [0.1, 0.15) is 5.57 Å². The van der Waals surface area contributed by atoms with Crippen LogP contribution in [0.15, 0.2) is 46.4 Å². The third kappa shape index (κ3) is 4.34. The van der Waals surface area contributed by atoms with Crippen molar-refractivity contribution in [1.82, 2.24) is 5.32 Å². The number of carbonyl (C=O) groups excluding carboxylic acids is 3. The Kier molecular flexibility index (Phi) is 6.79. The second kappa shape index (κ2) is 9.32. The number of ether oxygens (including phenoxy) is 2. The Hall–Kier alpha value is -2.84. The van der Waals surface area contributed by atoms with Crippen LogP contribution in [0.5, 0.6) is 11.5 Å². The minimum atomic E-state index is -0.863. The smallest absolute Gasteiger partial charge is 0.335 e. The number of nitrogens with zero attached hydrogens (tertiary/aromatic N) is 1. The van der Waals surface area contributed by atoms with Gasteiger partial charge in [-0.3, -0.25) is 14.9 Å². The van der Waals surface area contributed by atoms with Crippen LogP contribution >= 0.6 is 27.5 Å². The summed E-state index contributed by atoms with van der Waals surface area (Å²) in [6, 6.07) is 8.87. The summed E-state index contributed by atoms with van der Waals surface area (Å²) in [4.78, 5) is 38.6. The summed E-state index contributed by atoms with van der Waals surface area (Å²) in [7, 11) is 0. The van der Waals surface area contributed by atoms with Crippen molar-refractivity contribution in [1.29, 1.82) is 0 Å². The maximum atomic E-state index is 13.0. The van der Waals surface area contributed by atoms with Crippen molar-refractivity contribution >= 4 is 57.1 Å². The van der Waals surface area contributed by atoms with E-state index < -0.39 is 17.8 Å². The number of halogens is 2. The normalized spacial score (nSPS) is 15.4. The molecule has 2 aromatic rings. The number of hydrogen-bond donors (Lipinski definition) is 1. The highest BCUT2D eigenvalue weighted by Crippen LogP contribution is 2.38. The van der Waals surface area contributed by atoms with Crippen LogP contribution in [0.2, 0.25) is 5.02 Å². The standard InChI is InChI=1S/C21H18BrClN2O5/c1-3-29-17-11-12(10-14(22)18(17)30-4-2)9-13-19(26)24-21(28)25(20(13)27)16-8-6-5-7-15(16)23/h5-11H,3-4H2,1-2H3,(H,24,26,28)/b13-9+. The fraction of sp³-hybridized carbons (Fsp3) is 0.190. The van der Waals surface area contributed by atoms with Gasteiger partial charge < -0.3 is 9.47 Å². The summed E-state index contributed by atoms with van der Waals surface area (Å²) in [6.07, 6.45) is 1.39. The van der Waals surface area contributed by atoms with E-state index in [1.807, 2.05) is 13.8 Å². The second-order valence-corrected chi connectivity index (χ2v) is 7.37. The minimum absolute atomic E-state index is 0.183. The van der Waals surface area contributed by atoms with Gasteiger partial charge in [-0.15, -0.1) is 0 Å². The number of anilines is 1. The fourth-order valence-corrected chi connectivity index (χ4v) is 3.69. The molecule has 1 aliphatic rings. The van der Waals surface area contributed by atoms with Gasteiger partial charge in [0, 0.05) is 0 Å². The molecule has 7 nitrogen and oxygen atoms in total. The Labute approximate surface area is 186 Å².